The van der Waals surface area contributed by atoms with E-state index in [9.17, 15) is 0 Å². The molecule has 0 aliphatic carbocycles. The molecule has 0 aliphatic rings. The van der Waals surface area contributed by atoms with E-state index in [-0.39, 0.29) is 20.1 Å². The molecule has 0 spiro atoms. The summed E-state index contributed by atoms with van der Waals surface area (Å²) < 4.78 is 17.8. The molecule has 0 unspecified atom stereocenters. The van der Waals surface area contributed by atoms with Crippen molar-refractivity contribution in [3.05, 3.63) is 163 Å². The molecule has 2 aromatic heterocycles. The largest absolute Gasteiger partial charge is 0.305 e. The summed E-state index contributed by atoms with van der Waals surface area (Å²) >= 11 is 0. The first kappa shape index (κ1) is 28.2. The molecule has 0 N–H and O–H groups in total. The average molecular weight is 741 g/mol. The normalized spacial score (nSPS) is 11.7. The second-order valence-electron chi connectivity index (χ2n) is 10.7. The van der Waals surface area contributed by atoms with Gasteiger partial charge in [-0.1, -0.05) is 116 Å². The Morgan fingerprint density at radius 2 is 1.38 bits per heavy atom. The molecule has 0 amide bonds. The van der Waals surface area contributed by atoms with Gasteiger partial charge in [-0.25, -0.2) is 0 Å². The van der Waals surface area contributed by atoms with E-state index < -0.39 is 14.4 Å². The van der Waals surface area contributed by atoms with Gasteiger partial charge < -0.3 is 9.97 Å². The number of hydrogen-bond donors (Lipinski definition) is 0. The third-order valence-electron chi connectivity index (χ3n) is 6.64. The fraction of sp³-hybridized carbons (Fsp3) is 0.105. The van der Waals surface area contributed by atoms with E-state index in [4.69, 9.17) is 2.74 Å². The zero-order valence-corrected chi connectivity index (χ0v) is 27.4. The van der Waals surface area contributed by atoms with Gasteiger partial charge in [0.1, 0.15) is 0 Å². The van der Waals surface area contributed by atoms with Crippen molar-refractivity contribution in [2.75, 3.05) is 0 Å². The predicted octanol–water partition coefficient (Wildman–Crippen LogP) is 8.90. The third kappa shape index (κ3) is 8.30. The maximum atomic E-state index is 8.89. The van der Waals surface area contributed by atoms with Crippen molar-refractivity contribution in [1.82, 2.24) is 9.97 Å². The fourth-order valence-corrected chi connectivity index (χ4v) is 5.38. The van der Waals surface area contributed by atoms with Crippen LogP contribution in [0.5, 0.6) is 0 Å². The van der Waals surface area contributed by atoms with Crippen LogP contribution in [0.25, 0.3) is 33.6 Å². The number of aromatic nitrogens is 2. The van der Waals surface area contributed by atoms with Crippen LogP contribution in [0.1, 0.15) is 13.9 Å². The second kappa shape index (κ2) is 14.8. The molecular formula is C38H34IrN2Si-2. The number of benzene rings is 4. The first-order chi connectivity index (χ1) is 20.7. The van der Waals surface area contributed by atoms with E-state index in [2.05, 4.69) is 53.9 Å². The molecule has 1 radical (unpaired) electrons. The summed E-state index contributed by atoms with van der Waals surface area (Å²) in [5.41, 5.74) is 6.67. The van der Waals surface area contributed by atoms with Gasteiger partial charge in [-0.2, -0.15) is 0 Å². The summed E-state index contributed by atoms with van der Waals surface area (Å²) in [6.45, 7) is 7.00. The molecular weight excluding hydrogens is 705 g/mol. The van der Waals surface area contributed by atoms with Gasteiger partial charge in [-0.05, 0) is 34.6 Å². The number of nitrogens with zero attached hydrogens (tertiary/aromatic N) is 2. The van der Waals surface area contributed by atoms with E-state index in [0.29, 0.717) is 11.1 Å². The molecule has 0 saturated carbocycles. The van der Waals surface area contributed by atoms with E-state index >= 15 is 0 Å². The monoisotopic (exact) mass is 741 g/mol. The molecule has 2 nitrogen and oxygen atoms in total. The SMILES string of the molecule is C[Si](C)(C)c1ccc(-c2[c-]cccc2)nc1.[2H]C([2H])(c1ccccc1)c1cc(-c2ccccn2)[c-]cc1-c1ccccc1.[Ir]. The molecule has 4 heteroatoms. The molecule has 0 fully saturated rings. The fourth-order valence-electron chi connectivity index (χ4n) is 4.35. The van der Waals surface area contributed by atoms with Crippen LogP contribution >= 0.6 is 0 Å². The maximum absolute atomic E-state index is 8.89. The minimum Gasteiger partial charge on any atom is -0.305 e. The van der Waals surface area contributed by atoms with Crippen LogP contribution < -0.4 is 5.19 Å². The molecule has 0 bridgehead atoms. The van der Waals surface area contributed by atoms with Crippen LogP contribution in [0.15, 0.2) is 140 Å². The van der Waals surface area contributed by atoms with Crippen LogP contribution in [0.2, 0.25) is 19.6 Å². The molecule has 6 rings (SSSR count). The Labute approximate surface area is 267 Å². The number of hydrogen-bond acceptors (Lipinski definition) is 2. The molecule has 0 aliphatic heterocycles. The average Bonchev–Trinajstić information content (AvgIpc) is 3.06. The summed E-state index contributed by atoms with van der Waals surface area (Å²) in [6.07, 6.45) is 2.10. The number of pyridine rings is 2. The van der Waals surface area contributed by atoms with Crippen LogP contribution in [0.3, 0.4) is 0 Å². The summed E-state index contributed by atoms with van der Waals surface area (Å²) in [5, 5.41) is 1.40. The van der Waals surface area contributed by atoms with Crippen molar-refractivity contribution < 1.29 is 22.8 Å². The quantitative estimate of drug-likeness (QED) is 0.126. The first-order valence-electron chi connectivity index (χ1n) is 14.8. The van der Waals surface area contributed by atoms with E-state index in [1.807, 2.05) is 121 Å². The first-order valence-corrected chi connectivity index (χ1v) is 17.3. The number of rotatable bonds is 6. The molecule has 0 saturated heterocycles. The topological polar surface area (TPSA) is 25.8 Å². The van der Waals surface area contributed by atoms with Crippen LogP contribution in [-0.2, 0) is 26.5 Å². The molecule has 211 valence electrons. The summed E-state index contributed by atoms with van der Waals surface area (Å²) in [4.78, 5) is 8.91. The van der Waals surface area contributed by atoms with Crippen LogP contribution in [0.4, 0.5) is 0 Å². The second-order valence-corrected chi connectivity index (χ2v) is 15.8. The molecule has 42 heavy (non-hydrogen) atoms. The molecule has 6 aromatic rings. The summed E-state index contributed by atoms with van der Waals surface area (Å²) in [7, 11) is -1.23. The van der Waals surface area contributed by atoms with Gasteiger partial charge in [0.15, 0.2) is 0 Å². The smallest absolute Gasteiger partial charge is 0.0795 e. The van der Waals surface area contributed by atoms with E-state index in [0.717, 1.165) is 33.6 Å². The molecule has 4 aromatic carbocycles. The van der Waals surface area contributed by atoms with Crippen LogP contribution in [-0.4, -0.2) is 18.0 Å². The van der Waals surface area contributed by atoms with Gasteiger partial charge in [0, 0.05) is 35.2 Å². The van der Waals surface area contributed by atoms with Gasteiger partial charge in [0.2, 0.25) is 0 Å². The Kier molecular flexibility index (Phi) is 9.92. The van der Waals surface area contributed by atoms with Gasteiger partial charge >= 0.3 is 0 Å². The van der Waals surface area contributed by atoms with Gasteiger partial charge in [-0.15, -0.1) is 65.2 Å². The maximum Gasteiger partial charge on any atom is 0.0795 e. The predicted molar refractivity (Wildman–Crippen MR) is 175 cm³/mol. The molecule has 2 heterocycles. The molecule has 0 atom stereocenters. The summed E-state index contributed by atoms with van der Waals surface area (Å²) in [6, 6.07) is 47.3. The Hall–Kier alpha value is -3.95. The minimum atomic E-state index is -1.65. The minimum absolute atomic E-state index is 0. The van der Waals surface area contributed by atoms with Crippen molar-refractivity contribution in [2.24, 2.45) is 0 Å². The van der Waals surface area contributed by atoms with E-state index in [1.54, 1.807) is 6.20 Å². The van der Waals surface area contributed by atoms with Crippen molar-refractivity contribution in [2.45, 2.75) is 26.0 Å². The van der Waals surface area contributed by atoms with Gasteiger partial charge in [0.25, 0.3) is 0 Å². The standard InChI is InChI=1S/C24H18N.C14H16NSi.Ir/c1-3-9-19(10-4-1)17-22-18-21(24-13-7-8-16-25-24)14-15-23(22)20-11-5-2-6-12-20;1-16(2,3)13-9-10-14(15-11-13)12-7-5-4-6-8-12;/h1-13,15-16,18H,17H2;4-7,9-11H,1-3H3;/q2*-1;/i17D2;;. The Bertz CT molecular complexity index is 1740. The van der Waals surface area contributed by atoms with Crippen molar-refractivity contribution in [3.63, 3.8) is 0 Å². The summed E-state index contributed by atoms with van der Waals surface area (Å²) in [5.74, 6) is 0. The van der Waals surface area contributed by atoms with Crippen molar-refractivity contribution in [3.8, 4) is 33.6 Å². The Balaban J connectivity index is 0.000000223. The van der Waals surface area contributed by atoms with Gasteiger partial charge in [-0.3, -0.25) is 0 Å². The third-order valence-corrected chi connectivity index (χ3v) is 8.67. The Morgan fingerprint density at radius 1 is 0.690 bits per heavy atom. The van der Waals surface area contributed by atoms with E-state index in [1.165, 1.54) is 5.19 Å². The zero-order chi connectivity index (χ0) is 30.3. The van der Waals surface area contributed by atoms with Crippen LogP contribution in [0, 0.1) is 12.1 Å². The van der Waals surface area contributed by atoms with Crippen molar-refractivity contribution >= 4 is 13.3 Å². The van der Waals surface area contributed by atoms with Gasteiger partial charge in [0.05, 0.1) is 8.07 Å². The Morgan fingerprint density at radius 3 is 2.00 bits per heavy atom. The van der Waals surface area contributed by atoms with Crippen molar-refractivity contribution in [1.29, 1.82) is 0 Å². The zero-order valence-electron chi connectivity index (χ0n) is 26.0.